The van der Waals surface area contributed by atoms with E-state index in [9.17, 15) is 9.59 Å². The van der Waals surface area contributed by atoms with Crippen LogP contribution >= 0.6 is 11.3 Å². The Kier molecular flexibility index (Phi) is 4.87. The highest BCUT2D eigenvalue weighted by atomic mass is 32.1. The van der Waals surface area contributed by atoms with E-state index >= 15 is 0 Å². The second-order valence-corrected chi connectivity index (χ2v) is 5.39. The molecule has 0 aliphatic rings. The lowest BCUT2D eigenvalue weighted by Gasteiger charge is -2.15. The lowest BCUT2D eigenvalue weighted by atomic mass is 9.90. The van der Waals surface area contributed by atoms with Crippen molar-refractivity contribution in [3.05, 3.63) is 21.4 Å². The lowest BCUT2D eigenvalue weighted by Crippen LogP contribution is -2.09. The second-order valence-electron chi connectivity index (χ2n) is 4.30. The van der Waals surface area contributed by atoms with Crippen molar-refractivity contribution in [2.24, 2.45) is 5.92 Å². The van der Waals surface area contributed by atoms with Gasteiger partial charge in [-0.25, -0.2) is 4.79 Å². The molecular formula is C13H18O3S. The third kappa shape index (κ3) is 3.16. The number of rotatable bonds is 5. The smallest absolute Gasteiger partial charge is 0.348 e. The summed E-state index contributed by atoms with van der Waals surface area (Å²) in [4.78, 5) is 23.7. The fraction of sp³-hybridized carbons (Fsp3) is 0.538. The van der Waals surface area contributed by atoms with Crippen LogP contribution in [0.2, 0.25) is 0 Å². The second kappa shape index (κ2) is 5.96. The molecule has 3 nitrogen and oxygen atoms in total. The lowest BCUT2D eigenvalue weighted by molar-refractivity contribution is 0.0530. The van der Waals surface area contributed by atoms with Crippen LogP contribution in [0.25, 0.3) is 0 Å². The van der Waals surface area contributed by atoms with Crippen LogP contribution in [-0.4, -0.2) is 18.9 Å². The maximum absolute atomic E-state index is 11.8. The summed E-state index contributed by atoms with van der Waals surface area (Å²) in [6.07, 6.45) is 0.782. The Morgan fingerprint density at radius 1 is 1.47 bits per heavy atom. The Bertz CT molecular complexity index is 407. The van der Waals surface area contributed by atoms with E-state index in [2.05, 4.69) is 20.8 Å². The SMILES string of the molecule is CCOC(=O)c1sc(C=O)cc1C(C)C(C)C. The zero-order chi connectivity index (χ0) is 13.0. The molecule has 4 heteroatoms. The quantitative estimate of drug-likeness (QED) is 0.596. The first-order chi connectivity index (χ1) is 8.01. The highest BCUT2D eigenvalue weighted by Crippen LogP contribution is 2.32. The maximum atomic E-state index is 11.8. The van der Waals surface area contributed by atoms with E-state index < -0.39 is 0 Å². The molecule has 1 atom stereocenters. The highest BCUT2D eigenvalue weighted by molar-refractivity contribution is 7.15. The van der Waals surface area contributed by atoms with Gasteiger partial charge >= 0.3 is 5.97 Å². The van der Waals surface area contributed by atoms with E-state index in [0.717, 1.165) is 11.8 Å². The largest absolute Gasteiger partial charge is 0.462 e. The standard InChI is InChI=1S/C13H18O3S/c1-5-16-13(15)12-11(9(4)8(2)3)6-10(7-14)17-12/h6-9H,5H2,1-4H3. The Labute approximate surface area is 106 Å². The van der Waals surface area contributed by atoms with Gasteiger partial charge in [0.25, 0.3) is 0 Å². The van der Waals surface area contributed by atoms with Crippen LogP contribution in [0.3, 0.4) is 0 Å². The molecule has 0 fully saturated rings. The molecule has 0 aliphatic heterocycles. The Balaban J connectivity index is 3.13. The minimum atomic E-state index is -0.326. The average molecular weight is 254 g/mol. The first kappa shape index (κ1) is 13.9. The van der Waals surface area contributed by atoms with Crippen LogP contribution in [0.4, 0.5) is 0 Å². The van der Waals surface area contributed by atoms with Gasteiger partial charge < -0.3 is 4.74 Å². The monoisotopic (exact) mass is 254 g/mol. The molecule has 0 spiro atoms. The zero-order valence-electron chi connectivity index (χ0n) is 10.6. The van der Waals surface area contributed by atoms with E-state index in [1.54, 1.807) is 13.0 Å². The molecule has 0 bridgehead atoms. The van der Waals surface area contributed by atoms with E-state index in [1.807, 2.05) is 0 Å². The predicted molar refractivity (Wildman–Crippen MR) is 68.9 cm³/mol. The summed E-state index contributed by atoms with van der Waals surface area (Å²) in [5.41, 5.74) is 0.922. The van der Waals surface area contributed by atoms with Crippen LogP contribution in [0.5, 0.6) is 0 Å². The predicted octanol–water partition coefficient (Wildman–Crippen LogP) is 3.50. The third-order valence-corrected chi connectivity index (χ3v) is 3.90. The summed E-state index contributed by atoms with van der Waals surface area (Å²) >= 11 is 1.21. The topological polar surface area (TPSA) is 43.4 Å². The van der Waals surface area contributed by atoms with Gasteiger partial charge in [0.15, 0.2) is 6.29 Å². The number of esters is 1. The van der Waals surface area contributed by atoms with Crippen molar-refractivity contribution in [1.82, 2.24) is 0 Å². The number of aldehydes is 1. The van der Waals surface area contributed by atoms with Crippen molar-refractivity contribution >= 4 is 23.6 Å². The Morgan fingerprint density at radius 3 is 2.59 bits per heavy atom. The molecule has 1 aromatic rings. The minimum Gasteiger partial charge on any atom is -0.462 e. The maximum Gasteiger partial charge on any atom is 0.348 e. The summed E-state index contributed by atoms with van der Waals surface area (Å²) in [6, 6.07) is 1.80. The summed E-state index contributed by atoms with van der Waals surface area (Å²) in [5, 5.41) is 0. The molecule has 94 valence electrons. The fourth-order valence-electron chi connectivity index (χ4n) is 1.54. The molecule has 0 radical (unpaired) electrons. The molecule has 1 rings (SSSR count). The van der Waals surface area contributed by atoms with Crippen LogP contribution in [0.15, 0.2) is 6.07 Å². The van der Waals surface area contributed by atoms with Gasteiger partial charge in [-0.2, -0.15) is 0 Å². The summed E-state index contributed by atoms with van der Waals surface area (Å²) in [5.74, 6) is 0.324. The summed E-state index contributed by atoms with van der Waals surface area (Å²) in [7, 11) is 0. The third-order valence-electron chi connectivity index (χ3n) is 2.85. The number of hydrogen-bond donors (Lipinski definition) is 0. The summed E-state index contributed by atoms with van der Waals surface area (Å²) < 4.78 is 5.01. The molecule has 0 aromatic carbocycles. The number of ether oxygens (including phenoxy) is 1. The number of carbonyl (C=O) groups excluding carboxylic acids is 2. The van der Waals surface area contributed by atoms with E-state index in [1.165, 1.54) is 11.3 Å². The van der Waals surface area contributed by atoms with Gasteiger partial charge in [0, 0.05) is 0 Å². The molecule has 1 aromatic heterocycles. The molecule has 0 saturated carbocycles. The molecule has 1 heterocycles. The number of thiophene rings is 1. The zero-order valence-corrected chi connectivity index (χ0v) is 11.5. The van der Waals surface area contributed by atoms with Gasteiger partial charge in [0.1, 0.15) is 4.88 Å². The molecule has 1 unspecified atom stereocenters. The van der Waals surface area contributed by atoms with Crippen molar-refractivity contribution < 1.29 is 14.3 Å². The first-order valence-corrected chi connectivity index (χ1v) is 6.58. The van der Waals surface area contributed by atoms with Crippen LogP contribution in [-0.2, 0) is 4.74 Å². The fourth-order valence-corrected chi connectivity index (χ4v) is 2.51. The Morgan fingerprint density at radius 2 is 2.12 bits per heavy atom. The van der Waals surface area contributed by atoms with Crippen LogP contribution in [0.1, 0.15) is 58.5 Å². The number of carbonyl (C=O) groups is 2. The number of hydrogen-bond acceptors (Lipinski definition) is 4. The van der Waals surface area contributed by atoms with Gasteiger partial charge in [-0.3, -0.25) is 4.79 Å². The average Bonchev–Trinajstić information content (AvgIpc) is 2.72. The Hall–Kier alpha value is -1.16. The molecule has 17 heavy (non-hydrogen) atoms. The van der Waals surface area contributed by atoms with Crippen molar-refractivity contribution in [3.8, 4) is 0 Å². The van der Waals surface area contributed by atoms with E-state index in [0.29, 0.717) is 22.3 Å². The van der Waals surface area contributed by atoms with Crippen molar-refractivity contribution in [2.75, 3.05) is 6.61 Å². The normalized spacial score (nSPS) is 12.5. The van der Waals surface area contributed by atoms with Crippen LogP contribution in [0, 0.1) is 5.92 Å². The van der Waals surface area contributed by atoms with E-state index in [4.69, 9.17) is 4.74 Å². The van der Waals surface area contributed by atoms with Crippen molar-refractivity contribution in [2.45, 2.75) is 33.6 Å². The van der Waals surface area contributed by atoms with Gasteiger partial charge in [0.05, 0.1) is 11.5 Å². The molecule has 0 N–H and O–H groups in total. The van der Waals surface area contributed by atoms with Gasteiger partial charge in [0.2, 0.25) is 0 Å². The molecule has 0 saturated heterocycles. The van der Waals surface area contributed by atoms with Crippen molar-refractivity contribution in [3.63, 3.8) is 0 Å². The summed E-state index contributed by atoms with van der Waals surface area (Å²) in [6.45, 7) is 8.38. The van der Waals surface area contributed by atoms with Gasteiger partial charge in [-0.15, -0.1) is 11.3 Å². The van der Waals surface area contributed by atoms with Crippen molar-refractivity contribution in [1.29, 1.82) is 0 Å². The molecular weight excluding hydrogens is 236 g/mol. The van der Waals surface area contributed by atoms with Gasteiger partial charge in [-0.1, -0.05) is 20.8 Å². The van der Waals surface area contributed by atoms with Gasteiger partial charge in [-0.05, 0) is 30.4 Å². The minimum absolute atomic E-state index is 0.236. The van der Waals surface area contributed by atoms with Crippen LogP contribution < -0.4 is 0 Å². The van der Waals surface area contributed by atoms with E-state index in [-0.39, 0.29) is 11.9 Å². The highest BCUT2D eigenvalue weighted by Gasteiger charge is 2.22. The molecule has 0 aliphatic carbocycles. The molecule has 0 amide bonds. The first-order valence-electron chi connectivity index (χ1n) is 5.77.